The molecule has 144 valence electrons. The van der Waals surface area contributed by atoms with Crippen LogP contribution < -0.4 is 10.0 Å². The summed E-state index contributed by atoms with van der Waals surface area (Å²) in [6, 6.07) is 16.5. The Morgan fingerprint density at radius 1 is 1.00 bits per heavy atom. The van der Waals surface area contributed by atoms with Crippen molar-refractivity contribution >= 4 is 21.6 Å². The number of carbonyl (C=O) groups excluding carboxylic acids is 1. The zero-order valence-electron chi connectivity index (χ0n) is 15.6. The Morgan fingerprint density at radius 2 is 1.63 bits per heavy atom. The molecule has 5 nitrogen and oxygen atoms in total. The number of rotatable bonds is 7. The first kappa shape index (κ1) is 19.6. The van der Waals surface area contributed by atoms with E-state index in [1.165, 1.54) is 17.7 Å². The quantitative estimate of drug-likeness (QED) is 0.759. The second-order valence-corrected chi connectivity index (χ2v) is 8.87. The molecule has 0 bridgehead atoms. The molecule has 2 aromatic carbocycles. The number of carbonyl (C=O) groups is 1. The summed E-state index contributed by atoms with van der Waals surface area (Å²) >= 11 is 0. The zero-order valence-corrected chi connectivity index (χ0v) is 16.4. The molecule has 1 amide bonds. The SMILES string of the molecule is CCC(=O)Nc1ccc(S(=O)(=O)NCC2(c3ccccc3)CCCC2)cc1. The predicted octanol–water partition coefficient (Wildman–Crippen LogP) is 3.83. The molecule has 27 heavy (non-hydrogen) atoms. The lowest BCUT2D eigenvalue weighted by molar-refractivity contribution is -0.115. The lowest BCUT2D eigenvalue weighted by Crippen LogP contribution is -2.39. The molecule has 0 spiro atoms. The fourth-order valence-electron chi connectivity index (χ4n) is 3.69. The van der Waals surface area contributed by atoms with Crippen molar-refractivity contribution in [2.24, 2.45) is 0 Å². The van der Waals surface area contributed by atoms with Crippen molar-refractivity contribution < 1.29 is 13.2 Å². The third kappa shape index (κ3) is 4.57. The Bertz CT molecular complexity index is 871. The van der Waals surface area contributed by atoms with Crippen LogP contribution in [0.4, 0.5) is 5.69 Å². The second kappa shape index (κ2) is 8.23. The largest absolute Gasteiger partial charge is 0.326 e. The average Bonchev–Trinajstić information content (AvgIpc) is 3.18. The van der Waals surface area contributed by atoms with E-state index < -0.39 is 10.0 Å². The molecular formula is C21H26N2O3S. The van der Waals surface area contributed by atoms with Crippen LogP contribution in [-0.4, -0.2) is 20.9 Å². The summed E-state index contributed by atoms with van der Waals surface area (Å²) in [7, 11) is -3.61. The van der Waals surface area contributed by atoms with Crippen molar-refractivity contribution in [3.8, 4) is 0 Å². The molecule has 3 rings (SSSR count). The van der Waals surface area contributed by atoms with Crippen molar-refractivity contribution in [3.05, 3.63) is 60.2 Å². The summed E-state index contributed by atoms with van der Waals surface area (Å²) < 4.78 is 28.3. The number of hydrogen-bond donors (Lipinski definition) is 2. The number of anilines is 1. The summed E-state index contributed by atoms with van der Waals surface area (Å²) in [4.78, 5) is 11.6. The maximum atomic E-state index is 12.8. The van der Waals surface area contributed by atoms with Crippen molar-refractivity contribution in [1.82, 2.24) is 4.72 Å². The number of amides is 1. The highest BCUT2D eigenvalue weighted by molar-refractivity contribution is 7.89. The Morgan fingerprint density at radius 3 is 2.22 bits per heavy atom. The molecule has 0 heterocycles. The first-order valence-corrected chi connectivity index (χ1v) is 10.9. The van der Waals surface area contributed by atoms with Gasteiger partial charge in [-0.25, -0.2) is 13.1 Å². The molecule has 2 N–H and O–H groups in total. The molecular weight excluding hydrogens is 360 g/mol. The average molecular weight is 387 g/mol. The van der Waals surface area contributed by atoms with Crippen molar-refractivity contribution in [3.63, 3.8) is 0 Å². The molecule has 0 saturated heterocycles. The van der Waals surface area contributed by atoms with Crippen LogP contribution in [-0.2, 0) is 20.2 Å². The Kier molecular flexibility index (Phi) is 5.97. The third-order valence-electron chi connectivity index (χ3n) is 5.32. The Labute approximate surface area is 161 Å². The first-order chi connectivity index (χ1) is 13.0. The maximum absolute atomic E-state index is 12.8. The molecule has 1 aliphatic carbocycles. The van der Waals surface area contributed by atoms with E-state index in [1.807, 2.05) is 18.2 Å². The molecule has 1 saturated carbocycles. The zero-order chi connectivity index (χ0) is 19.3. The second-order valence-electron chi connectivity index (χ2n) is 7.10. The highest BCUT2D eigenvalue weighted by Crippen LogP contribution is 2.40. The van der Waals surface area contributed by atoms with E-state index in [9.17, 15) is 13.2 Å². The van der Waals surface area contributed by atoms with Gasteiger partial charge in [-0.1, -0.05) is 50.1 Å². The minimum absolute atomic E-state index is 0.102. The number of sulfonamides is 1. The predicted molar refractivity (Wildman–Crippen MR) is 107 cm³/mol. The van der Waals surface area contributed by atoms with Crippen molar-refractivity contribution in [1.29, 1.82) is 0 Å². The lowest BCUT2D eigenvalue weighted by Gasteiger charge is -2.30. The van der Waals surface area contributed by atoms with Gasteiger partial charge in [-0.05, 0) is 42.7 Å². The molecule has 0 radical (unpaired) electrons. The molecule has 0 unspecified atom stereocenters. The van der Waals surface area contributed by atoms with Gasteiger partial charge in [-0.15, -0.1) is 0 Å². The van der Waals surface area contributed by atoms with Crippen LogP contribution in [0.1, 0.15) is 44.6 Å². The van der Waals surface area contributed by atoms with Gasteiger partial charge in [0.05, 0.1) is 4.90 Å². The summed E-state index contributed by atoms with van der Waals surface area (Å²) in [6.45, 7) is 2.16. The van der Waals surface area contributed by atoms with Gasteiger partial charge in [0, 0.05) is 24.1 Å². The fourth-order valence-corrected chi connectivity index (χ4v) is 4.82. The van der Waals surface area contributed by atoms with E-state index in [4.69, 9.17) is 0 Å². The van der Waals surface area contributed by atoms with Gasteiger partial charge in [0.15, 0.2) is 0 Å². The van der Waals surface area contributed by atoms with E-state index >= 15 is 0 Å². The van der Waals surface area contributed by atoms with E-state index in [-0.39, 0.29) is 16.2 Å². The molecule has 0 atom stereocenters. The number of benzene rings is 2. The molecule has 0 aliphatic heterocycles. The van der Waals surface area contributed by atoms with Crippen LogP contribution in [0.2, 0.25) is 0 Å². The van der Waals surface area contributed by atoms with Gasteiger partial charge in [0.25, 0.3) is 0 Å². The van der Waals surface area contributed by atoms with Crippen LogP contribution >= 0.6 is 0 Å². The van der Waals surface area contributed by atoms with E-state index in [0.29, 0.717) is 18.7 Å². The van der Waals surface area contributed by atoms with Gasteiger partial charge < -0.3 is 5.32 Å². The molecule has 2 aromatic rings. The minimum atomic E-state index is -3.61. The van der Waals surface area contributed by atoms with E-state index in [1.54, 1.807) is 19.1 Å². The smallest absolute Gasteiger partial charge is 0.240 e. The highest BCUT2D eigenvalue weighted by Gasteiger charge is 2.36. The number of hydrogen-bond acceptors (Lipinski definition) is 3. The van der Waals surface area contributed by atoms with Gasteiger partial charge in [0.2, 0.25) is 15.9 Å². The van der Waals surface area contributed by atoms with Crippen LogP contribution in [0.15, 0.2) is 59.5 Å². The van der Waals surface area contributed by atoms with Gasteiger partial charge in [0.1, 0.15) is 0 Å². The summed E-state index contributed by atoms with van der Waals surface area (Å²) in [5.41, 5.74) is 1.66. The topological polar surface area (TPSA) is 75.3 Å². The fraction of sp³-hybridized carbons (Fsp3) is 0.381. The Balaban J connectivity index is 1.73. The lowest BCUT2D eigenvalue weighted by atomic mass is 9.79. The third-order valence-corrected chi connectivity index (χ3v) is 6.73. The molecule has 6 heteroatoms. The monoisotopic (exact) mass is 386 g/mol. The van der Waals surface area contributed by atoms with E-state index in [2.05, 4.69) is 22.2 Å². The summed E-state index contributed by atoms with van der Waals surface area (Å²) in [5, 5.41) is 2.72. The van der Waals surface area contributed by atoms with Gasteiger partial charge in [-0.2, -0.15) is 0 Å². The summed E-state index contributed by atoms with van der Waals surface area (Å²) in [6.07, 6.45) is 4.58. The van der Waals surface area contributed by atoms with Crippen molar-refractivity contribution in [2.75, 3.05) is 11.9 Å². The van der Waals surface area contributed by atoms with Crippen LogP contribution in [0, 0.1) is 0 Å². The first-order valence-electron chi connectivity index (χ1n) is 9.40. The Hall–Kier alpha value is -2.18. The van der Waals surface area contributed by atoms with Crippen LogP contribution in [0.3, 0.4) is 0 Å². The summed E-state index contributed by atoms with van der Waals surface area (Å²) in [5.74, 6) is -0.102. The maximum Gasteiger partial charge on any atom is 0.240 e. The van der Waals surface area contributed by atoms with Crippen LogP contribution in [0.5, 0.6) is 0 Å². The molecule has 1 fully saturated rings. The molecule has 1 aliphatic rings. The van der Waals surface area contributed by atoms with Crippen LogP contribution in [0.25, 0.3) is 0 Å². The van der Waals surface area contributed by atoms with Gasteiger partial charge in [-0.3, -0.25) is 4.79 Å². The van der Waals surface area contributed by atoms with Gasteiger partial charge >= 0.3 is 0 Å². The minimum Gasteiger partial charge on any atom is -0.326 e. The van der Waals surface area contributed by atoms with Crippen molar-refractivity contribution in [2.45, 2.75) is 49.3 Å². The highest BCUT2D eigenvalue weighted by atomic mass is 32.2. The normalized spacial score (nSPS) is 16.2. The van der Waals surface area contributed by atoms with E-state index in [0.717, 1.165) is 25.7 Å². The number of nitrogens with one attached hydrogen (secondary N) is 2. The standard InChI is InChI=1S/C21H26N2O3S/c1-2-20(24)23-18-10-12-19(13-11-18)27(25,26)22-16-21(14-6-7-15-21)17-8-4-3-5-9-17/h3-5,8-13,22H,2,6-7,14-16H2,1H3,(H,23,24). The molecule has 0 aromatic heterocycles.